The molecule has 138 valence electrons. The van der Waals surface area contributed by atoms with Crippen molar-refractivity contribution in [3.63, 3.8) is 0 Å². The van der Waals surface area contributed by atoms with Crippen LogP contribution in [0.1, 0.15) is 22.8 Å². The first-order valence-corrected chi connectivity index (χ1v) is 9.24. The minimum absolute atomic E-state index is 0.0170. The fraction of sp³-hybridized carbons (Fsp3) is 0.222. The third kappa shape index (κ3) is 5.14. The molecule has 0 spiro atoms. The van der Waals surface area contributed by atoms with Gasteiger partial charge in [0.15, 0.2) is 6.10 Å². The van der Waals surface area contributed by atoms with E-state index in [0.717, 1.165) is 5.56 Å². The van der Waals surface area contributed by atoms with Gasteiger partial charge in [-0.3, -0.25) is 0 Å². The molecular weight excluding hydrogens is 358 g/mol. The number of methoxy groups -OCH3 is 1. The van der Waals surface area contributed by atoms with Crippen LogP contribution in [0.2, 0.25) is 0 Å². The van der Waals surface area contributed by atoms with Crippen LogP contribution in [-0.4, -0.2) is 33.6 Å². The second-order valence-electron chi connectivity index (χ2n) is 5.41. The van der Waals surface area contributed by atoms with E-state index in [2.05, 4.69) is 9.46 Å². The minimum atomic E-state index is -3.81. The van der Waals surface area contributed by atoms with Crippen LogP contribution in [0.5, 0.6) is 0 Å². The molecule has 2 aromatic rings. The first-order chi connectivity index (χ1) is 12.3. The van der Waals surface area contributed by atoms with Crippen LogP contribution in [0.25, 0.3) is 0 Å². The first-order valence-electron chi connectivity index (χ1n) is 7.76. The second kappa shape index (κ2) is 8.59. The predicted molar refractivity (Wildman–Crippen MR) is 93.8 cm³/mol. The molecule has 0 amide bonds. The summed E-state index contributed by atoms with van der Waals surface area (Å²) in [6.07, 6.45) is -1.09. The van der Waals surface area contributed by atoms with Crippen molar-refractivity contribution in [2.75, 3.05) is 7.11 Å². The summed E-state index contributed by atoms with van der Waals surface area (Å²) in [5, 5.41) is 0. The summed E-state index contributed by atoms with van der Waals surface area (Å²) in [5.74, 6) is -1.52. The Hall–Kier alpha value is -2.71. The molecule has 26 heavy (non-hydrogen) atoms. The largest absolute Gasteiger partial charge is 0.466 e. The Bertz CT molecular complexity index is 880. The van der Waals surface area contributed by atoms with Gasteiger partial charge >= 0.3 is 11.9 Å². The molecule has 1 atom stereocenters. The Morgan fingerprint density at radius 1 is 1.08 bits per heavy atom. The molecule has 0 saturated carbocycles. The Morgan fingerprint density at radius 3 is 2.42 bits per heavy atom. The fourth-order valence-electron chi connectivity index (χ4n) is 2.09. The molecule has 0 unspecified atom stereocenters. The van der Waals surface area contributed by atoms with Gasteiger partial charge < -0.3 is 9.47 Å². The molecule has 7 nitrogen and oxygen atoms in total. The van der Waals surface area contributed by atoms with Gasteiger partial charge in [-0.05, 0) is 30.7 Å². The minimum Gasteiger partial charge on any atom is -0.466 e. The summed E-state index contributed by atoms with van der Waals surface area (Å²) in [7, 11) is -2.63. The number of hydrogen-bond donors (Lipinski definition) is 1. The van der Waals surface area contributed by atoms with Crippen molar-refractivity contribution < 1.29 is 27.5 Å². The van der Waals surface area contributed by atoms with Crippen LogP contribution >= 0.6 is 0 Å². The lowest BCUT2D eigenvalue weighted by Gasteiger charge is -2.12. The second-order valence-corrected chi connectivity index (χ2v) is 7.18. The summed E-state index contributed by atoms with van der Waals surface area (Å²) in [5.41, 5.74) is 0.821. The molecule has 0 radical (unpaired) electrons. The fourth-order valence-corrected chi connectivity index (χ4v) is 3.15. The molecule has 0 heterocycles. The normalized spacial score (nSPS) is 12.2. The Morgan fingerprint density at radius 2 is 1.77 bits per heavy atom. The quantitative estimate of drug-likeness (QED) is 0.740. The summed E-state index contributed by atoms with van der Waals surface area (Å²) in [6.45, 7) is 1.49. The molecule has 0 aliphatic carbocycles. The molecule has 8 heteroatoms. The molecule has 0 aliphatic rings. The lowest BCUT2D eigenvalue weighted by Crippen LogP contribution is -2.26. The van der Waals surface area contributed by atoms with Crippen LogP contribution in [0.4, 0.5) is 0 Å². The molecular formula is C18H19NO6S. The summed E-state index contributed by atoms with van der Waals surface area (Å²) < 4.78 is 36.7. The average Bonchev–Trinajstić information content (AvgIpc) is 2.66. The van der Waals surface area contributed by atoms with Gasteiger partial charge in [-0.25, -0.2) is 22.7 Å². The SMILES string of the molecule is COC(=O)[C@@H](C)OC(=O)c1cccc(S(=O)(=O)NCc2ccccc2)c1. The lowest BCUT2D eigenvalue weighted by molar-refractivity contribution is -0.149. The maximum Gasteiger partial charge on any atom is 0.346 e. The highest BCUT2D eigenvalue weighted by molar-refractivity contribution is 7.89. The Kier molecular flexibility index (Phi) is 6.48. The molecule has 0 fully saturated rings. The van der Waals surface area contributed by atoms with Crippen LogP contribution in [-0.2, 0) is 30.8 Å². The lowest BCUT2D eigenvalue weighted by atomic mass is 10.2. The summed E-state index contributed by atoms with van der Waals surface area (Å²) in [6, 6.07) is 14.4. The maximum atomic E-state index is 12.4. The number of esters is 2. The Balaban J connectivity index is 2.11. The molecule has 2 rings (SSSR count). The van der Waals surface area contributed by atoms with E-state index in [1.54, 1.807) is 12.1 Å². The standard InChI is InChI=1S/C18H19NO6S/c1-13(17(20)24-2)25-18(21)15-9-6-10-16(11-15)26(22,23)19-12-14-7-4-3-5-8-14/h3-11,13,19H,12H2,1-2H3/t13-/m1/s1. The van der Waals surface area contributed by atoms with Gasteiger partial charge in [-0.2, -0.15) is 0 Å². The van der Waals surface area contributed by atoms with E-state index in [0.29, 0.717) is 0 Å². The van der Waals surface area contributed by atoms with Gasteiger partial charge in [0.1, 0.15) is 0 Å². The van der Waals surface area contributed by atoms with Crippen LogP contribution < -0.4 is 4.72 Å². The van der Waals surface area contributed by atoms with Crippen LogP contribution in [0.15, 0.2) is 59.5 Å². The van der Waals surface area contributed by atoms with E-state index in [1.807, 2.05) is 18.2 Å². The van der Waals surface area contributed by atoms with Crippen molar-refractivity contribution in [3.05, 3.63) is 65.7 Å². The number of benzene rings is 2. The van der Waals surface area contributed by atoms with E-state index in [4.69, 9.17) is 4.74 Å². The third-order valence-electron chi connectivity index (χ3n) is 3.51. The number of nitrogens with one attached hydrogen (secondary N) is 1. The van der Waals surface area contributed by atoms with Crippen molar-refractivity contribution in [1.82, 2.24) is 4.72 Å². The highest BCUT2D eigenvalue weighted by atomic mass is 32.2. The zero-order valence-electron chi connectivity index (χ0n) is 14.3. The number of ether oxygens (including phenoxy) is 2. The van der Waals surface area contributed by atoms with E-state index >= 15 is 0 Å². The molecule has 0 aromatic heterocycles. The van der Waals surface area contributed by atoms with E-state index in [1.165, 1.54) is 38.3 Å². The van der Waals surface area contributed by atoms with Crippen molar-refractivity contribution in [2.24, 2.45) is 0 Å². The maximum absolute atomic E-state index is 12.4. The topological polar surface area (TPSA) is 98.8 Å². The van der Waals surface area contributed by atoms with Gasteiger partial charge in [0, 0.05) is 6.54 Å². The summed E-state index contributed by atoms with van der Waals surface area (Å²) in [4.78, 5) is 23.3. The van der Waals surface area contributed by atoms with E-state index < -0.39 is 28.1 Å². The van der Waals surface area contributed by atoms with Crippen LogP contribution in [0, 0.1) is 0 Å². The smallest absolute Gasteiger partial charge is 0.346 e. The Labute approximate surface area is 152 Å². The number of sulfonamides is 1. The van der Waals surface area contributed by atoms with Gasteiger partial charge in [-0.1, -0.05) is 36.4 Å². The molecule has 0 aliphatic heterocycles. The number of carbonyl (C=O) groups excluding carboxylic acids is 2. The van der Waals surface area contributed by atoms with Gasteiger partial charge in [-0.15, -0.1) is 0 Å². The van der Waals surface area contributed by atoms with Crippen LogP contribution in [0.3, 0.4) is 0 Å². The van der Waals surface area contributed by atoms with Crippen molar-refractivity contribution >= 4 is 22.0 Å². The third-order valence-corrected chi connectivity index (χ3v) is 4.91. The number of rotatable bonds is 7. The van der Waals surface area contributed by atoms with Crippen molar-refractivity contribution in [3.8, 4) is 0 Å². The molecule has 0 saturated heterocycles. The van der Waals surface area contributed by atoms with Gasteiger partial charge in [0.05, 0.1) is 17.6 Å². The monoisotopic (exact) mass is 377 g/mol. The highest BCUT2D eigenvalue weighted by Crippen LogP contribution is 2.14. The number of hydrogen-bond acceptors (Lipinski definition) is 6. The van der Waals surface area contributed by atoms with Crippen molar-refractivity contribution in [2.45, 2.75) is 24.5 Å². The molecule has 0 bridgehead atoms. The zero-order valence-corrected chi connectivity index (χ0v) is 15.2. The molecule has 2 aromatic carbocycles. The van der Waals surface area contributed by atoms with E-state index in [9.17, 15) is 18.0 Å². The summed E-state index contributed by atoms with van der Waals surface area (Å²) >= 11 is 0. The number of carbonyl (C=O) groups is 2. The molecule has 1 N–H and O–H groups in total. The van der Waals surface area contributed by atoms with E-state index in [-0.39, 0.29) is 17.0 Å². The highest BCUT2D eigenvalue weighted by Gasteiger charge is 2.21. The van der Waals surface area contributed by atoms with Gasteiger partial charge in [0.25, 0.3) is 0 Å². The van der Waals surface area contributed by atoms with Crippen molar-refractivity contribution in [1.29, 1.82) is 0 Å². The predicted octanol–water partition coefficient (Wildman–Crippen LogP) is 1.88. The average molecular weight is 377 g/mol. The zero-order chi connectivity index (χ0) is 19.2. The first kappa shape index (κ1) is 19.6. The van der Waals surface area contributed by atoms with Gasteiger partial charge in [0.2, 0.25) is 10.0 Å².